The fourth-order valence-electron chi connectivity index (χ4n) is 3.86. The first-order chi connectivity index (χ1) is 14.9. The van der Waals surface area contributed by atoms with Crippen LogP contribution in [0.1, 0.15) is 12.0 Å². The smallest absolute Gasteiger partial charge is 0.326 e. The lowest BCUT2D eigenvalue weighted by Gasteiger charge is -2.21. The lowest BCUT2D eigenvalue weighted by Crippen LogP contribution is -2.44. The first-order valence-electron chi connectivity index (χ1n) is 10.0. The van der Waals surface area contributed by atoms with Gasteiger partial charge in [0.2, 0.25) is 12.3 Å². The summed E-state index contributed by atoms with van der Waals surface area (Å²) in [7, 11) is 1.54. The summed E-state index contributed by atoms with van der Waals surface area (Å²) in [4.78, 5) is 34.1. The van der Waals surface area contributed by atoms with Crippen LogP contribution in [0, 0.1) is 12.8 Å². The number of aliphatic carboxylic acids is 1. The molecule has 0 saturated carbocycles. The fourth-order valence-corrected chi connectivity index (χ4v) is 3.86. The van der Waals surface area contributed by atoms with E-state index in [1.54, 1.807) is 0 Å². The zero-order chi connectivity index (χ0) is 22.4. The van der Waals surface area contributed by atoms with E-state index in [0.717, 1.165) is 11.2 Å². The zero-order valence-corrected chi connectivity index (χ0v) is 17.5. The van der Waals surface area contributed by atoms with Crippen molar-refractivity contribution in [1.82, 2.24) is 10.2 Å². The highest BCUT2D eigenvalue weighted by molar-refractivity contribution is 6.04. The summed E-state index contributed by atoms with van der Waals surface area (Å²) in [5.74, 6) is -1.38. The minimum atomic E-state index is -1.02. The molecule has 1 aliphatic rings. The average molecular weight is 426 g/mol. The molecule has 2 unspecified atom stereocenters. The summed E-state index contributed by atoms with van der Waals surface area (Å²) in [6.07, 6.45) is 0.798. The normalized spacial score (nSPS) is 17.9. The largest absolute Gasteiger partial charge is 0.480 e. The summed E-state index contributed by atoms with van der Waals surface area (Å²) in [6.45, 7) is 2.70. The number of hydrogen-bond donors (Lipinski definition) is 2. The van der Waals surface area contributed by atoms with E-state index in [9.17, 15) is 14.4 Å². The molecule has 0 spiro atoms. The minimum Gasteiger partial charge on any atom is -0.480 e. The van der Waals surface area contributed by atoms with Gasteiger partial charge in [-0.3, -0.25) is 9.59 Å². The molecule has 2 heterocycles. The third-order valence-electron chi connectivity index (χ3n) is 5.26. The maximum absolute atomic E-state index is 11.7. The van der Waals surface area contributed by atoms with Crippen LogP contribution in [0.15, 0.2) is 46.9 Å². The second kappa shape index (κ2) is 10.1. The molecule has 2 atom stereocenters. The van der Waals surface area contributed by atoms with Crippen molar-refractivity contribution in [3.05, 3.63) is 48.0 Å². The summed E-state index contributed by atoms with van der Waals surface area (Å²) in [5.41, 5.74) is 3.20. The molecule has 1 aromatic heterocycles. The molecule has 0 bridgehead atoms. The first kappa shape index (κ1) is 22.3. The second-order valence-electron chi connectivity index (χ2n) is 7.55. The van der Waals surface area contributed by atoms with E-state index in [2.05, 4.69) is 30.4 Å². The number of fused-ring (bicyclic) bond motifs is 3. The Bertz CT molecular complexity index is 1080. The van der Waals surface area contributed by atoms with Crippen molar-refractivity contribution in [3.8, 4) is 0 Å². The van der Waals surface area contributed by atoms with Gasteiger partial charge in [-0.1, -0.05) is 29.8 Å². The van der Waals surface area contributed by atoms with E-state index in [0.29, 0.717) is 26.0 Å². The van der Waals surface area contributed by atoms with Crippen molar-refractivity contribution in [2.45, 2.75) is 19.4 Å². The summed E-state index contributed by atoms with van der Waals surface area (Å²) >= 11 is 0. The van der Waals surface area contributed by atoms with Crippen LogP contribution in [0.3, 0.4) is 0 Å². The van der Waals surface area contributed by atoms with Gasteiger partial charge in [0.05, 0.1) is 13.2 Å². The Morgan fingerprint density at radius 3 is 2.68 bits per heavy atom. The maximum atomic E-state index is 11.7. The Balaban J connectivity index is 0.000000178. The van der Waals surface area contributed by atoms with E-state index in [-0.39, 0.29) is 18.4 Å². The Labute approximate surface area is 179 Å². The standard InChI is InChI=1S/C13H10O.C10H16N2O5/c1-9-6-7-13-11(8-9)10-4-2-3-5-12(10)14-13;1-17-5-7-2-8(10(15)16)12(4-7)9(14)3-11-6-13/h2-8H,1H3;6-8H,2-5H2,1H3,(H,11,13)(H,15,16). The molecule has 8 nitrogen and oxygen atoms in total. The lowest BCUT2D eigenvalue weighted by molar-refractivity contribution is -0.147. The van der Waals surface area contributed by atoms with Gasteiger partial charge in [0.25, 0.3) is 0 Å². The van der Waals surface area contributed by atoms with Crippen LogP contribution in [-0.2, 0) is 19.1 Å². The third-order valence-corrected chi connectivity index (χ3v) is 5.26. The number of carboxylic acids is 1. The van der Waals surface area contributed by atoms with Crippen LogP contribution in [0.5, 0.6) is 0 Å². The number of para-hydroxylation sites is 1. The predicted octanol–water partition coefficient (Wildman–Crippen LogP) is 2.57. The Morgan fingerprint density at radius 1 is 1.23 bits per heavy atom. The zero-order valence-electron chi connectivity index (χ0n) is 17.5. The van der Waals surface area contributed by atoms with Gasteiger partial charge < -0.3 is 24.5 Å². The highest BCUT2D eigenvalue weighted by Gasteiger charge is 2.39. The molecular formula is C23H26N2O6. The molecule has 4 rings (SSSR count). The number of carbonyl (C=O) groups excluding carboxylic acids is 2. The topological polar surface area (TPSA) is 109 Å². The summed E-state index contributed by atoms with van der Waals surface area (Å²) < 4.78 is 10.7. The lowest BCUT2D eigenvalue weighted by atomic mass is 10.1. The number of carboxylic acid groups (broad SMARTS) is 1. The quantitative estimate of drug-likeness (QED) is 0.587. The molecule has 164 valence electrons. The molecule has 0 aliphatic carbocycles. The van der Waals surface area contributed by atoms with Gasteiger partial charge in [-0.25, -0.2) is 4.79 Å². The molecule has 1 saturated heterocycles. The number of amides is 2. The van der Waals surface area contributed by atoms with Crippen LogP contribution < -0.4 is 5.32 Å². The molecule has 31 heavy (non-hydrogen) atoms. The van der Waals surface area contributed by atoms with Crippen molar-refractivity contribution in [2.75, 3.05) is 26.8 Å². The van der Waals surface area contributed by atoms with E-state index in [1.165, 1.54) is 28.3 Å². The molecule has 2 aromatic carbocycles. The van der Waals surface area contributed by atoms with Gasteiger partial charge >= 0.3 is 5.97 Å². The predicted molar refractivity (Wildman–Crippen MR) is 116 cm³/mol. The number of likely N-dealkylation sites (tertiary alicyclic amines) is 1. The number of aryl methyl sites for hydroxylation is 1. The molecule has 0 radical (unpaired) electrons. The van der Waals surface area contributed by atoms with Crippen molar-refractivity contribution in [3.63, 3.8) is 0 Å². The minimum absolute atomic E-state index is 0.0290. The van der Waals surface area contributed by atoms with Gasteiger partial charge in [0.15, 0.2) is 0 Å². The molecule has 8 heteroatoms. The number of methoxy groups -OCH3 is 1. The van der Waals surface area contributed by atoms with Gasteiger partial charge in [0.1, 0.15) is 17.2 Å². The molecule has 1 fully saturated rings. The second-order valence-corrected chi connectivity index (χ2v) is 7.55. The number of nitrogens with one attached hydrogen (secondary N) is 1. The summed E-state index contributed by atoms with van der Waals surface area (Å²) in [5, 5.41) is 13.7. The Morgan fingerprint density at radius 2 is 1.97 bits per heavy atom. The number of furan rings is 1. The highest BCUT2D eigenvalue weighted by Crippen LogP contribution is 2.28. The van der Waals surface area contributed by atoms with Crippen molar-refractivity contribution >= 4 is 40.2 Å². The number of benzene rings is 2. The molecular weight excluding hydrogens is 400 g/mol. The van der Waals surface area contributed by atoms with Crippen LogP contribution in [0.4, 0.5) is 0 Å². The van der Waals surface area contributed by atoms with Crippen molar-refractivity contribution in [1.29, 1.82) is 0 Å². The van der Waals surface area contributed by atoms with Crippen LogP contribution in [0.2, 0.25) is 0 Å². The van der Waals surface area contributed by atoms with Crippen molar-refractivity contribution < 1.29 is 28.6 Å². The first-order valence-corrected chi connectivity index (χ1v) is 10.0. The van der Waals surface area contributed by atoms with Crippen LogP contribution >= 0.6 is 0 Å². The maximum Gasteiger partial charge on any atom is 0.326 e. The number of rotatable bonds is 6. The van der Waals surface area contributed by atoms with E-state index < -0.39 is 12.0 Å². The van der Waals surface area contributed by atoms with Gasteiger partial charge in [0, 0.05) is 30.3 Å². The summed E-state index contributed by atoms with van der Waals surface area (Å²) in [6, 6.07) is 13.6. The average Bonchev–Trinajstić information content (AvgIpc) is 3.34. The molecule has 2 N–H and O–H groups in total. The van der Waals surface area contributed by atoms with Crippen molar-refractivity contribution in [2.24, 2.45) is 5.92 Å². The SMILES string of the molecule is COCC1CC(C(=O)O)N(C(=O)CNC=O)C1.Cc1ccc2oc3ccccc3c2c1. The highest BCUT2D eigenvalue weighted by atomic mass is 16.5. The van der Waals surface area contributed by atoms with Gasteiger partial charge in [-0.2, -0.15) is 0 Å². The van der Waals surface area contributed by atoms with Crippen LogP contribution in [-0.4, -0.2) is 61.1 Å². The monoisotopic (exact) mass is 426 g/mol. The number of nitrogens with zero attached hydrogens (tertiary/aromatic N) is 1. The Kier molecular flexibility index (Phi) is 7.25. The van der Waals surface area contributed by atoms with E-state index >= 15 is 0 Å². The Hall–Kier alpha value is -3.39. The molecule has 1 aliphatic heterocycles. The van der Waals surface area contributed by atoms with Gasteiger partial charge in [-0.15, -0.1) is 0 Å². The van der Waals surface area contributed by atoms with Crippen LogP contribution in [0.25, 0.3) is 21.9 Å². The van der Waals surface area contributed by atoms with E-state index in [1.807, 2.05) is 24.3 Å². The number of ether oxygens (including phenoxy) is 1. The number of carbonyl (C=O) groups is 3. The fraction of sp³-hybridized carbons (Fsp3) is 0.348. The molecule has 3 aromatic rings. The van der Waals surface area contributed by atoms with E-state index in [4.69, 9.17) is 14.3 Å². The van der Waals surface area contributed by atoms with Gasteiger partial charge in [-0.05, 0) is 31.5 Å². The number of hydrogen-bond acceptors (Lipinski definition) is 5. The third kappa shape index (κ3) is 5.21. The molecule has 2 amide bonds.